The van der Waals surface area contributed by atoms with Gasteiger partial charge in [0.05, 0.1) is 50.3 Å². The Morgan fingerprint density at radius 3 is 1.37 bits per heavy atom. The van der Waals surface area contributed by atoms with E-state index < -0.39 is 0 Å². The van der Waals surface area contributed by atoms with Crippen molar-refractivity contribution in [3.8, 4) is 0 Å². The van der Waals surface area contributed by atoms with Gasteiger partial charge in [0.15, 0.2) is 0 Å². The maximum absolute atomic E-state index is 4.12. The van der Waals surface area contributed by atoms with E-state index in [-0.39, 0.29) is 0 Å². The first-order valence-corrected chi connectivity index (χ1v) is 11.6. The summed E-state index contributed by atoms with van der Waals surface area (Å²) in [6, 6.07) is 0.468. The van der Waals surface area contributed by atoms with Gasteiger partial charge in [-0.15, -0.1) is 6.58 Å². The van der Waals surface area contributed by atoms with Gasteiger partial charge >= 0.3 is 0 Å². The predicted octanol–water partition coefficient (Wildman–Crippen LogP) is 4.68. The Balaban J connectivity index is 2.06. The summed E-state index contributed by atoms with van der Waals surface area (Å²) in [5.41, 5.74) is 0.710. The molecule has 0 aromatic carbocycles. The van der Waals surface area contributed by atoms with E-state index in [0.29, 0.717) is 17.1 Å². The monoisotopic (exact) mass is 379 g/mol. The van der Waals surface area contributed by atoms with Crippen molar-refractivity contribution in [1.29, 1.82) is 0 Å². The van der Waals surface area contributed by atoms with Crippen LogP contribution in [0.4, 0.5) is 0 Å². The molecule has 0 radical (unpaired) electrons. The molecule has 0 aliphatic carbocycles. The normalized spacial score (nSPS) is 23.7. The third kappa shape index (κ3) is 4.97. The highest BCUT2D eigenvalue weighted by Crippen LogP contribution is 2.32. The number of nitrogens with zero attached hydrogens (tertiary/aromatic N) is 3. The Kier molecular flexibility index (Phi) is 7.25. The van der Waals surface area contributed by atoms with Crippen LogP contribution in [0.2, 0.25) is 0 Å². The first kappa shape index (κ1) is 22.9. The molecule has 2 heterocycles. The number of rotatable bonds is 8. The molecule has 158 valence electrons. The van der Waals surface area contributed by atoms with E-state index in [9.17, 15) is 0 Å². The summed E-state index contributed by atoms with van der Waals surface area (Å²) in [5.74, 6) is 0. The van der Waals surface area contributed by atoms with Crippen LogP contribution in [0.25, 0.3) is 0 Å². The lowest BCUT2D eigenvalue weighted by molar-refractivity contribution is -0.961. The van der Waals surface area contributed by atoms with Crippen LogP contribution in [0.3, 0.4) is 0 Å². The molecule has 0 amide bonds. The van der Waals surface area contributed by atoms with Gasteiger partial charge in [0.2, 0.25) is 0 Å². The Bertz CT molecular complexity index is 433. The number of hydrogen-bond acceptors (Lipinski definition) is 1. The zero-order valence-electron chi connectivity index (χ0n) is 19.7. The first-order chi connectivity index (χ1) is 12.5. The van der Waals surface area contributed by atoms with Gasteiger partial charge < -0.3 is 8.97 Å². The summed E-state index contributed by atoms with van der Waals surface area (Å²) in [5, 5.41) is 0. The highest BCUT2D eigenvalue weighted by Gasteiger charge is 2.44. The van der Waals surface area contributed by atoms with Crippen LogP contribution in [-0.4, -0.2) is 83.3 Å². The molecule has 0 saturated carbocycles. The highest BCUT2D eigenvalue weighted by atomic mass is 15.4. The van der Waals surface area contributed by atoms with E-state index >= 15 is 0 Å². The zero-order valence-corrected chi connectivity index (χ0v) is 19.7. The van der Waals surface area contributed by atoms with Crippen molar-refractivity contribution < 1.29 is 8.97 Å². The molecular weight excluding hydrogens is 330 g/mol. The summed E-state index contributed by atoms with van der Waals surface area (Å²) in [6.07, 6.45) is 7.75. The fourth-order valence-corrected chi connectivity index (χ4v) is 5.65. The maximum atomic E-state index is 4.12. The summed E-state index contributed by atoms with van der Waals surface area (Å²) in [6.45, 7) is 31.6. The van der Waals surface area contributed by atoms with E-state index in [1.165, 1.54) is 87.0 Å². The summed E-state index contributed by atoms with van der Waals surface area (Å²) < 4.78 is 2.60. The van der Waals surface area contributed by atoms with Crippen molar-refractivity contribution >= 4 is 0 Å². The quantitative estimate of drug-likeness (QED) is 0.437. The molecule has 2 aliphatic rings. The van der Waals surface area contributed by atoms with Crippen LogP contribution in [-0.2, 0) is 0 Å². The second-order valence-corrected chi connectivity index (χ2v) is 11.4. The molecule has 0 N–H and O–H groups in total. The van der Waals surface area contributed by atoms with Gasteiger partial charge in [0.1, 0.15) is 0 Å². The molecule has 27 heavy (non-hydrogen) atoms. The SMILES string of the molecule is C=CC(C)N(CC[N+]1(C(C)(C)C)CCCC1)CC[N+]1(C(C)(C)C)CCCC1. The highest BCUT2D eigenvalue weighted by molar-refractivity contribution is 4.85. The van der Waals surface area contributed by atoms with Crippen LogP contribution >= 0.6 is 0 Å². The summed E-state index contributed by atoms with van der Waals surface area (Å²) >= 11 is 0. The molecule has 3 nitrogen and oxygen atoms in total. The van der Waals surface area contributed by atoms with Gasteiger partial charge in [-0.05, 0) is 48.5 Å². The van der Waals surface area contributed by atoms with Crippen LogP contribution < -0.4 is 0 Å². The van der Waals surface area contributed by atoms with Gasteiger partial charge in [-0.2, -0.15) is 0 Å². The van der Waals surface area contributed by atoms with Crippen molar-refractivity contribution in [2.75, 3.05) is 52.4 Å². The van der Waals surface area contributed by atoms with Crippen LogP contribution in [0, 0.1) is 0 Å². The minimum absolute atomic E-state index is 0.355. The van der Waals surface area contributed by atoms with Crippen LogP contribution in [0.1, 0.15) is 74.1 Å². The zero-order chi connectivity index (χ0) is 20.3. The molecule has 3 heteroatoms. The molecule has 0 bridgehead atoms. The Labute approximate surface area is 170 Å². The third-order valence-electron chi connectivity index (χ3n) is 8.24. The summed E-state index contributed by atoms with van der Waals surface area (Å²) in [7, 11) is 0. The Morgan fingerprint density at radius 1 is 0.778 bits per heavy atom. The van der Waals surface area contributed by atoms with Gasteiger partial charge in [-0.1, -0.05) is 6.08 Å². The predicted molar refractivity (Wildman–Crippen MR) is 119 cm³/mol. The van der Waals surface area contributed by atoms with Gasteiger partial charge in [0.25, 0.3) is 0 Å². The van der Waals surface area contributed by atoms with Crippen LogP contribution in [0.5, 0.6) is 0 Å². The van der Waals surface area contributed by atoms with E-state index in [1.807, 2.05) is 0 Å². The lowest BCUT2D eigenvalue weighted by atomic mass is 10.0. The molecule has 1 atom stereocenters. The van der Waals surface area contributed by atoms with Gasteiger partial charge in [-0.25, -0.2) is 0 Å². The third-order valence-corrected chi connectivity index (χ3v) is 8.24. The fourth-order valence-electron chi connectivity index (χ4n) is 5.65. The van der Waals surface area contributed by atoms with Crippen molar-refractivity contribution in [2.45, 2.75) is 91.3 Å². The standard InChI is InChI=1S/C24H49N3/c1-9-22(2)25(14-20-26(23(3,4)5)16-10-11-17-26)15-21-27(24(6,7)8)18-12-13-19-27/h9,22H,1,10-21H2,2-8H3/q+2. The Morgan fingerprint density at radius 2 is 1.11 bits per heavy atom. The molecule has 1 unspecified atom stereocenters. The molecule has 0 spiro atoms. The average Bonchev–Trinajstić information content (AvgIpc) is 3.23. The van der Waals surface area contributed by atoms with Crippen molar-refractivity contribution in [1.82, 2.24) is 4.90 Å². The summed E-state index contributed by atoms with van der Waals surface area (Å²) in [4.78, 5) is 2.72. The van der Waals surface area contributed by atoms with E-state index in [2.05, 4.69) is 66.0 Å². The van der Waals surface area contributed by atoms with Crippen molar-refractivity contribution in [2.24, 2.45) is 0 Å². The average molecular weight is 380 g/mol. The van der Waals surface area contributed by atoms with Gasteiger partial charge in [0, 0.05) is 44.8 Å². The smallest absolute Gasteiger partial charge is 0.0920 e. The topological polar surface area (TPSA) is 3.24 Å². The lowest BCUT2D eigenvalue weighted by Gasteiger charge is -2.48. The van der Waals surface area contributed by atoms with E-state index in [0.717, 1.165) is 0 Å². The van der Waals surface area contributed by atoms with E-state index in [4.69, 9.17) is 0 Å². The molecule has 2 saturated heterocycles. The van der Waals surface area contributed by atoms with Crippen LogP contribution in [0.15, 0.2) is 12.7 Å². The van der Waals surface area contributed by atoms with Crippen molar-refractivity contribution in [3.63, 3.8) is 0 Å². The molecular formula is C24H49N3+2. The first-order valence-electron chi connectivity index (χ1n) is 11.6. The van der Waals surface area contributed by atoms with E-state index in [1.54, 1.807) is 0 Å². The molecule has 2 aliphatic heterocycles. The largest absolute Gasteiger partial charge is 0.318 e. The fraction of sp³-hybridized carbons (Fsp3) is 0.917. The minimum Gasteiger partial charge on any atom is -0.318 e. The molecule has 0 aromatic heterocycles. The van der Waals surface area contributed by atoms with Crippen molar-refractivity contribution in [3.05, 3.63) is 12.7 Å². The second kappa shape index (κ2) is 8.55. The molecule has 0 aromatic rings. The lowest BCUT2D eigenvalue weighted by Crippen LogP contribution is -2.63. The van der Waals surface area contributed by atoms with Gasteiger partial charge in [-0.3, -0.25) is 4.90 Å². The molecule has 2 fully saturated rings. The number of hydrogen-bond donors (Lipinski definition) is 0. The Hall–Kier alpha value is -0.380. The number of likely N-dealkylation sites (tertiary alicyclic amines) is 2. The number of quaternary nitrogens is 2. The molecule has 2 rings (SSSR count). The maximum Gasteiger partial charge on any atom is 0.0920 e. The second-order valence-electron chi connectivity index (χ2n) is 11.4. The minimum atomic E-state index is 0.355.